The predicted molar refractivity (Wildman–Crippen MR) is 90.0 cm³/mol. The van der Waals surface area contributed by atoms with Gasteiger partial charge in [-0.15, -0.1) is 11.8 Å². The first-order valence-electron chi connectivity index (χ1n) is 6.84. The second-order valence-electron chi connectivity index (χ2n) is 4.48. The van der Waals surface area contributed by atoms with E-state index in [4.69, 9.17) is 4.74 Å². The Kier molecular flexibility index (Phi) is 4.59. The number of rotatable bonds is 5. The summed E-state index contributed by atoms with van der Waals surface area (Å²) < 4.78 is 5.94. The Morgan fingerprint density at radius 2 is 1.76 bits per heavy atom. The highest BCUT2D eigenvalue weighted by Gasteiger charge is 2.08. The molecule has 0 unspecified atom stereocenters. The van der Waals surface area contributed by atoms with Crippen LogP contribution in [0.5, 0.6) is 5.75 Å². The molecule has 0 fully saturated rings. The molecule has 21 heavy (non-hydrogen) atoms. The number of nitrogens with one attached hydrogen (secondary N) is 1. The van der Waals surface area contributed by atoms with E-state index < -0.39 is 0 Å². The summed E-state index contributed by atoms with van der Waals surface area (Å²) in [4.78, 5) is 4.44. The fourth-order valence-corrected chi connectivity index (χ4v) is 2.69. The van der Waals surface area contributed by atoms with Gasteiger partial charge in [0.05, 0.1) is 5.04 Å². The van der Waals surface area contributed by atoms with Crippen molar-refractivity contribution in [1.29, 1.82) is 0 Å². The number of para-hydroxylation sites is 2. The third-order valence-electron chi connectivity index (χ3n) is 2.88. The van der Waals surface area contributed by atoms with Crippen LogP contribution in [-0.4, -0.2) is 17.3 Å². The van der Waals surface area contributed by atoms with Gasteiger partial charge in [0.2, 0.25) is 5.88 Å². The van der Waals surface area contributed by atoms with Crippen molar-refractivity contribution < 1.29 is 4.74 Å². The van der Waals surface area contributed by atoms with Crippen molar-refractivity contribution in [2.45, 2.75) is 0 Å². The van der Waals surface area contributed by atoms with E-state index in [2.05, 4.69) is 10.3 Å². The summed E-state index contributed by atoms with van der Waals surface area (Å²) >= 11 is 1.75. The first kappa shape index (κ1) is 13.8. The standard InChI is InChI=1S/C17H16N2OS/c1-3-7-14(8-4-1)19-16(13-17-18-11-12-21-17)20-15-9-5-2-6-10-15/h1-10,13,19H,11-12H2. The lowest BCUT2D eigenvalue weighted by molar-refractivity contribution is 0.433. The summed E-state index contributed by atoms with van der Waals surface area (Å²) in [6.45, 7) is 0.875. The Morgan fingerprint density at radius 3 is 2.43 bits per heavy atom. The summed E-state index contributed by atoms with van der Waals surface area (Å²) in [5, 5.41) is 4.30. The van der Waals surface area contributed by atoms with Gasteiger partial charge in [0.15, 0.2) is 0 Å². The molecular formula is C17H16N2OS. The summed E-state index contributed by atoms with van der Waals surface area (Å²) in [6.07, 6.45) is 1.96. The van der Waals surface area contributed by atoms with Gasteiger partial charge >= 0.3 is 0 Å². The lowest BCUT2D eigenvalue weighted by Gasteiger charge is -2.12. The van der Waals surface area contributed by atoms with Crippen LogP contribution in [0, 0.1) is 0 Å². The smallest absolute Gasteiger partial charge is 0.200 e. The Labute approximate surface area is 128 Å². The number of aliphatic imine (C=N–C) groups is 1. The highest BCUT2D eigenvalue weighted by atomic mass is 32.2. The van der Waals surface area contributed by atoms with Crippen LogP contribution >= 0.6 is 11.8 Å². The van der Waals surface area contributed by atoms with Crippen LogP contribution in [0.4, 0.5) is 5.69 Å². The number of nitrogens with zero attached hydrogens (tertiary/aromatic N) is 1. The zero-order valence-electron chi connectivity index (χ0n) is 11.5. The molecule has 4 heteroatoms. The van der Waals surface area contributed by atoms with Crippen molar-refractivity contribution in [3.8, 4) is 5.75 Å². The SMILES string of the molecule is C(=C(Nc1ccccc1)Oc1ccccc1)C1=NCCS1. The zero-order chi connectivity index (χ0) is 14.3. The largest absolute Gasteiger partial charge is 0.441 e. The average molecular weight is 296 g/mol. The monoisotopic (exact) mass is 296 g/mol. The van der Waals surface area contributed by atoms with Gasteiger partial charge < -0.3 is 10.1 Å². The lowest BCUT2D eigenvalue weighted by atomic mass is 10.3. The molecule has 0 bridgehead atoms. The van der Waals surface area contributed by atoms with Crippen LogP contribution in [0.3, 0.4) is 0 Å². The third-order valence-corrected chi connectivity index (χ3v) is 3.81. The molecule has 2 aromatic carbocycles. The maximum atomic E-state index is 5.94. The van der Waals surface area contributed by atoms with Gasteiger partial charge in [0.25, 0.3) is 0 Å². The van der Waals surface area contributed by atoms with Crippen molar-refractivity contribution in [2.24, 2.45) is 4.99 Å². The molecule has 0 saturated heterocycles. The highest BCUT2D eigenvalue weighted by molar-refractivity contribution is 8.14. The van der Waals surface area contributed by atoms with E-state index in [1.807, 2.05) is 66.7 Å². The maximum Gasteiger partial charge on any atom is 0.200 e. The van der Waals surface area contributed by atoms with Gasteiger partial charge in [0.1, 0.15) is 5.75 Å². The topological polar surface area (TPSA) is 33.6 Å². The van der Waals surface area contributed by atoms with Crippen molar-refractivity contribution in [1.82, 2.24) is 0 Å². The fraction of sp³-hybridized carbons (Fsp3) is 0.118. The van der Waals surface area contributed by atoms with Gasteiger partial charge in [-0.2, -0.15) is 0 Å². The van der Waals surface area contributed by atoms with Crippen LogP contribution in [0.2, 0.25) is 0 Å². The highest BCUT2D eigenvalue weighted by Crippen LogP contribution is 2.19. The fourth-order valence-electron chi connectivity index (χ4n) is 1.92. The molecule has 0 spiro atoms. The van der Waals surface area contributed by atoms with Gasteiger partial charge in [-0.25, -0.2) is 0 Å². The first-order chi connectivity index (χ1) is 10.4. The second kappa shape index (κ2) is 6.99. The molecular weight excluding hydrogens is 280 g/mol. The molecule has 1 N–H and O–H groups in total. The van der Waals surface area contributed by atoms with Crippen molar-refractivity contribution in [3.05, 3.63) is 72.6 Å². The minimum absolute atomic E-state index is 0.681. The molecule has 0 atom stereocenters. The predicted octanol–water partition coefficient (Wildman–Crippen LogP) is 4.16. The van der Waals surface area contributed by atoms with E-state index in [0.717, 1.165) is 28.8 Å². The van der Waals surface area contributed by atoms with E-state index in [1.54, 1.807) is 11.8 Å². The zero-order valence-corrected chi connectivity index (χ0v) is 12.3. The lowest BCUT2D eigenvalue weighted by Crippen LogP contribution is -2.08. The molecule has 3 nitrogen and oxygen atoms in total. The van der Waals surface area contributed by atoms with Crippen molar-refractivity contribution >= 4 is 22.5 Å². The van der Waals surface area contributed by atoms with E-state index in [9.17, 15) is 0 Å². The summed E-state index contributed by atoms with van der Waals surface area (Å²) in [5.74, 6) is 2.52. The molecule has 0 amide bonds. The van der Waals surface area contributed by atoms with E-state index in [-0.39, 0.29) is 0 Å². The average Bonchev–Trinajstić information content (AvgIpc) is 3.02. The molecule has 106 valence electrons. The van der Waals surface area contributed by atoms with Crippen LogP contribution in [0.15, 0.2) is 77.6 Å². The van der Waals surface area contributed by atoms with Crippen LogP contribution < -0.4 is 10.1 Å². The van der Waals surface area contributed by atoms with Gasteiger partial charge in [-0.1, -0.05) is 36.4 Å². The number of hydrogen-bond donors (Lipinski definition) is 1. The molecule has 0 saturated carbocycles. The molecule has 0 aliphatic carbocycles. The normalized spacial score (nSPS) is 14.7. The quantitative estimate of drug-likeness (QED) is 0.841. The third kappa shape index (κ3) is 4.13. The molecule has 2 aromatic rings. The first-order valence-corrected chi connectivity index (χ1v) is 7.83. The van der Waals surface area contributed by atoms with Crippen molar-refractivity contribution in [2.75, 3.05) is 17.6 Å². The minimum atomic E-state index is 0.681. The second-order valence-corrected chi connectivity index (χ2v) is 5.60. The number of hydrogen-bond acceptors (Lipinski definition) is 4. The molecule has 1 aliphatic rings. The molecule has 0 aromatic heterocycles. The van der Waals surface area contributed by atoms with Gasteiger partial charge in [-0.3, -0.25) is 4.99 Å². The maximum absolute atomic E-state index is 5.94. The number of thioether (sulfide) groups is 1. The summed E-state index contributed by atoms with van der Waals surface area (Å²) in [6, 6.07) is 19.7. The van der Waals surface area contributed by atoms with Gasteiger partial charge in [-0.05, 0) is 24.3 Å². The van der Waals surface area contributed by atoms with Crippen LogP contribution in [0.1, 0.15) is 0 Å². The Bertz CT molecular complexity index is 595. The van der Waals surface area contributed by atoms with E-state index in [1.165, 1.54) is 0 Å². The molecule has 3 rings (SSSR count). The summed E-state index contributed by atoms with van der Waals surface area (Å²) in [7, 11) is 0. The number of anilines is 1. The summed E-state index contributed by atoms with van der Waals surface area (Å²) in [5.41, 5.74) is 0.989. The van der Waals surface area contributed by atoms with Crippen LogP contribution in [0.25, 0.3) is 0 Å². The van der Waals surface area contributed by atoms with Crippen LogP contribution in [-0.2, 0) is 0 Å². The Balaban J connectivity index is 1.80. The Hall–Kier alpha value is -2.20. The molecule has 1 heterocycles. The van der Waals surface area contributed by atoms with Gasteiger partial charge in [0, 0.05) is 24.1 Å². The number of benzene rings is 2. The minimum Gasteiger partial charge on any atom is -0.441 e. The van der Waals surface area contributed by atoms with E-state index >= 15 is 0 Å². The molecule has 1 aliphatic heterocycles. The molecule has 0 radical (unpaired) electrons. The Morgan fingerprint density at radius 1 is 1.05 bits per heavy atom. The van der Waals surface area contributed by atoms with E-state index in [0.29, 0.717) is 5.88 Å². The van der Waals surface area contributed by atoms with Crippen molar-refractivity contribution in [3.63, 3.8) is 0 Å². The number of ether oxygens (including phenoxy) is 1.